The van der Waals surface area contributed by atoms with Crippen molar-refractivity contribution >= 4 is 0 Å². The Labute approximate surface area is 83.5 Å². The van der Waals surface area contributed by atoms with Crippen LogP contribution in [0.15, 0.2) is 6.33 Å². The highest BCUT2D eigenvalue weighted by atomic mass is 15.2. The summed E-state index contributed by atoms with van der Waals surface area (Å²) in [6.45, 7) is 2.09. The summed E-state index contributed by atoms with van der Waals surface area (Å²) in [4.78, 5) is 4.12. The molecule has 0 amide bonds. The molecule has 0 radical (unpaired) electrons. The molecule has 1 aromatic rings. The molecule has 5 nitrogen and oxygen atoms in total. The first-order chi connectivity index (χ1) is 6.75. The molecule has 3 unspecified atom stereocenters. The van der Waals surface area contributed by atoms with Crippen molar-refractivity contribution < 1.29 is 0 Å². The zero-order valence-corrected chi connectivity index (χ0v) is 8.40. The lowest BCUT2D eigenvalue weighted by Crippen LogP contribution is -2.31. The minimum Gasteiger partial charge on any atom is -0.328 e. The first-order valence-electron chi connectivity index (χ1n) is 5.12. The van der Waals surface area contributed by atoms with Gasteiger partial charge in [-0.25, -0.2) is 4.98 Å². The van der Waals surface area contributed by atoms with Gasteiger partial charge in [0.15, 0.2) is 0 Å². The maximum Gasteiger partial charge on any atom is 0.141 e. The van der Waals surface area contributed by atoms with Gasteiger partial charge in [0.05, 0.1) is 6.04 Å². The van der Waals surface area contributed by atoms with Gasteiger partial charge in [0.25, 0.3) is 0 Å². The summed E-state index contributed by atoms with van der Waals surface area (Å²) in [7, 11) is 0. The van der Waals surface area contributed by atoms with E-state index in [2.05, 4.69) is 27.4 Å². The summed E-state index contributed by atoms with van der Waals surface area (Å²) in [6, 6.07) is 1.13. The second-order valence-corrected chi connectivity index (χ2v) is 4.03. The fraction of sp³-hybridized carbons (Fsp3) is 0.778. The predicted octanol–water partition coefficient (Wildman–Crippen LogP) is 0.335. The van der Waals surface area contributed by atoms with Gasteiger partial charge in [0, 0.05) is 12.1 Å². The van der Waals surface area contributed by atoms with E-state index >= 15 is 0 Å². The molecule has 5 heteroatoms. The molecule has 0 aliphatic heterocycles. The van der Waals surface area contributed by atoms with Crippen LogP contribution in [-0.4, -0.2) is 27.3 Å². The monoisotopic (exact) mass is 195 g/mol. The van der Waals surface area contributed by atoms with Gasteiger partial charge in [-0.2, -0.15) is 5.10 Å². The largest absolute Gasteiger partial charge is 0.328 e. The van der Waals surface area contributed by atoms with Crippen LogP contribution in [0.5, 0.6) is 0 Å². The van der Waals surface area contributed by atoms with Crippen molar-refractivity contribution in [3.05, 3.63) is 12.2 Å². The van der Waals surface area contributed by atoms with Gasteiger partial charge in [-0.15, -0.1) is 0 Å². The molecule has 1 saturated carbocycles. The van der Waals surface area contributed by atoms with Gasteiger partial charge < -0.3 is 11.1 Å². The Hall–Kier alpha value is -0.940. The molecule has 1 aromatic heterocycles. The molecule has 4 N–H and O–H groups in total. The van der Waals surface area contributed by atoms with E-state index in [1.807, 2.05) is 0 Å². The van der Waals surface area contributed by atoms with Gasteiger partial charge >= 0.3 is 0 Å². The number of rotatable bonds is 3. The van der Waals surface area contributed by atoms with E-state index in [0.717, 1.165) is 18.7 Å². The predicted molar refractivity (Wildman–Crippen MR) is 53.5 cm³/mol. The average molecular weight is 195 g/mol. The lowest BCUT2D eigenvalue weighted by molar-refractivity contribution is 0.444. The van der Waals surface area contributed by atoms with Crippen LogP contribution < -0.4 is 11.1 Å². The van der Waals surface area contributed by atoms with E-state index in [-0.39, 0.29) is 6.04 Å². The Morgan fingerprint density at radius 2 is 2.50 bits per heavy atom. The Bertz CT molecular complexity index is 271. The SMILES string of the molecule is CC(NC1CCC(N)C1)c1ncn[nH]1. The lowest BCUT2D eigenvalue weighted by atomic mass is 10.2. The molecule has 1 aliphatic carbocycles. The highest BCUT2D eigenvalue weighted by Gasteiger charge is 2.23. The molecular weight excluding hydrogens is 178 g/mol. The molecule has 14 heavy (non-hydrogen) atoms. The van der Waals surface area contributed by atoms with Crippen molar-refractivity contribution in [1.29, 1.82) is 0 Å². The number of nitrogens with one attached hydrogen (secondary N) is 2. The van der Waals surface area contributed by atoms with Crippen molar-refractivity contribution in [3.8, 4) is 0 Å². The van der Waals surface area contributed by atoms with E-state index in [4.69, 9.17) is 5.73 Å². The molecule has 3 atom stereocenters. The minimum atomic E-state index is 0.229. The number of hydrogen-bond acceptors (Lipinski definition) is 4. The fourth-order valence-corrected chi connectivity index (χ4v) is 2.02. The van der Waals surface area contributed by atoms with E-state index < -0.39 is 0 Å². The third-order valence-electron chi connectivity index (χ3n) is 2.80. The molecule has 1 heterocycles. The smallest absolute Gasteiger partial charge is 0.141 e. The molecule has 2 rings (SSSR count). The van der Waals surface area contributed by atoms with Crippen LogP contribution in [0.25, 0.3) is 0 Å². The highest BCUT2D eigenvalue weighted by Crippen LogP contribution is 2.19. The van der Waals surface area contributed by atoms with Crippen molar-refractivity contribution in [3.63, 3.8) is 0 Å². The van der Waals surface area contributed by atoms with E-state index in [1.165, 1.54) is 12.7 Å². The van der Waals surface area contributed by atoms with Crippen molar-refractivity contribution in [2.45, 2.75) is 44.3 Å². The van der Waals surface area contributed by atoms with Gasteiger partial charge in [0.2, 0.25) is 0 Å². The van der Waals surface area contributed by atoms with Crippen LogP contribution in [0.3, 0.4) is 0 Å². The molecule has 1 fully saturated rings. The third kappa shape index (κ3) is 2.10. The standard InChI is InChI=1S/C9H17N5/c1-6(9-11-5-12-14-9)13-8-3-2-7(10)4-8/h5-8,13H,2-4,10H2,1H3,(H,11,12,14). The number of nitrogens with zero attached hydrogens (tertiary/aromatic N) is 2. The Balaban J connectivity index is 1.86. The zero-order chi connectivity index (χ0) is 9.97. The number of hydrogen-bond donors (Lipinski definition) is 3. The molecule has 0 spiro atoms. The summed E-state index contributed by atoms with van der Waals surface area (Å²) in [5, 5.41) is 10.2. The molecule has 0 saturated heterocycles. The highest BCUT2D eigenvalue weighted by molar-refractivity contribution is 4.92. The maximum atomic E-state index is 5.84. The second kappa shape index (κ2) is 4.06. The quantitative estimate of drug-likeness (QED) is 0.649. The van der Waals surface area contributed by atoms with Crippen LogP contribution in [-0.2, 0) is 0 Å². The van der Waals surface area contributed by atoms with Crippen LogP contribution in [0.2, 0.25) is 0 Å². The Morgan fingerprint density at radius 3 is 3.07 bits per heavy atom. The second-order valence-electron chi connectivity index (χ2n) is 4.03. The summed E-state index contributed by atoms with van der Waals surface area (Å²) in [5.74, 6) is 0.894. The maximum absolute atomic E-state index is 5.84. The number of nitrogens with two attached hydrogens (primary N) is 1. The molecule has 0 bridgehead atoms. The van der Waals surface area contributed by atoms with E-state index in [0.29, 0.717) is 12.1 Å². The summed E-state index contributed by atoms with van der Waals surface area (Å²) in [5.41, 5.74) is 5.84. The number of aromatic nitrogens is 3. The molecule has 78 valence electrons. The van der Waals surface area contributed by atoms with Gasteiger partial charge in [-0.3, -0.25) is 5.10 Å². The van der Waals surface area contributed by atoms with Crippen LogP contribution in [0, 0.1) is 0 Å². The van der Waals surface area contributed by atoms with Crippen molar-refractivity contribution in [1.82, 2.24) is 20.5 Å². The first-order valence-corrected chi connectivity index (χ1v) is 5.12. The zero-order valence-electron chi connectivity index (χ0n) is 8.40. The topological polar surface area (TPSA) is 79.6 Å². The minimum absolute atomic E-state index is 0.229. The van der Waals surface area contributed by atoms with Crippen molar-refractivity contribution in [2.75, 3.05) is 0 Å². The molecule has 0 aromatic carbocycles. The average Bonchev–Trinajstić information content (AvgIpc) is 2.75. The molecular formula is C9H17N5. The Kier molecular flexibility index (Phi) is 2.79. The number of aromatic amines is 1. The fourth-order valence-electron chi connectivity index (χ4n) is 2.02. The van der Waals surface area contributed by atoms with Crippen LogP contribution in [0.4, 0.5) is 0 Å². The summed E-state index contributed by atoms with van der Waals surface area (Å²) in [6.07, 6.45) is 4.90. The molecule has 1 aliphatic rings. The first kappa shape index (κ1) is 9.61. The van der Waals surface area contributed by atoms with Gasteiger partial charge in [-0.1, -0.05) is 0 Å². The summed E-state index contributed by atoms with van der Waals surface area (Å²) < 4.78 is 0. The normalized spacial score (nSPS) is 29.3. The lowest BCUT2D eigenvalue weighted by Gasteiger charge is -2.17. The van der Waals surface area contributed by atoms with Gasteiger partial charge in [0.1, 0.15) is 12.2 Å². The Morgan fingerprint density at radius 1 is 1.64 bits per heavy atom. The van der Waals surface area contributed by atoms with Crippen LogP contribution >= 0.6 is 0 Å². The van der Waals surface area contributed by atoms with E-state index in [1.54, 1.807) is 0 Å². The third-order valence-corrected chi connectivity index (χ3v) is 2.80. The van der Waals surface area contributed by atoms with Gasteiger partial charge in [-0.05, 0) is 26.2 Å². The number of H-pyrrole nitrogens is 1. The van der Waals surface area contributed by atoms with Crippen LogP contribution in [0.1, 0.15) is 38.1 Å². The van der Waals surface area contributed by atoms with Crippen molar-refractivity contribution in [2.24, 2.45) is 5.73 Å². The summed E-state index contributed by atoms with van der Waals surface area (Å²) >= 11 is 0. The van der Waals surface area contributed by atoms with E-state index in [9.17, 15) is 0 Å².